The Labute approximate surface area is 85.3 Å². The van der Waals surface area contributed by atoms with Crippen LogP contribution in [0.3, 0.4) is 0 Å². The lowest BCUT2D eigenvalue weighted by Gasteiger charge is -2.01. The van der Waals surface area contributed by atoms with Crippen LogP contribution in [0, 0.1) is 6.92 Å². The Morgan fingerprint density at radius 2 is 2.20 bits per heavy atom. The minimum Gasteiger partial charge on any atom is -0.467 e. The fraction of sp³-hybridized carbons (Fsp3) is 0.250. The van der Waals surface area contributed by atoms with Crippen LogP contribution in [0.15, 0.2) is 10.7 Å². The number of aryl methyl sites for hydroxylation is 1. The molecule has 2 aromatic heterocycles. The smallest absolute Gasteiger partial charge is 0.318 e. The molecular formula is C8H9N5O2. The SMILES string of the molecule is COc1ncc(-c2noc(C)n2)c(N)n1. The Morgan fingerprint density at radius 3 is 2.73 bits per heavy atom. The first-order chi connectivity index (χ1) is 7.20. The van der Waals surface area contributed by atoms with Crippen molar-refractivity contribution in [3.05, 3.63) is 12.1 Å². The molecule has 2 heterocycles. The highest BCUT2D eigenvalue weighted by molar-refractivity contribution is 5.66. The Morgan fingerprint density at radius 1 is 1.40 bits per heavy atom. The topological polar surface area (TPSA) is 100.0 Å². The van der Waals surface area contributed by atoms with Gasteiger partial charge < -0.3 is 15.0 Å². The third-order valence-corrected chi connectivity index (χ3v) is 1.75. The maximum Gasteiger partial charge on any atom is 0.318 e. The summed E-state index contributed by atoms with van der Waals surface area (Å²) in [5.74, 6) is 1.08. The lowest BCUT2D eigenvalue weighted by atomic mass is 10.3. The van der Waals surface area contributed by atoms with Crippen molar-refractivity contribution in [2.24, 2.45) is 0 Å². The van der Waals surface area contributed by atoms with Gasteiger partial charge in [0.2, 0.25) is 11.7 Å². The first-order valence-electron chi connectivity index (χ1n) is 4.18. The third kappa shape index (κ3) is 1.71. The van der Waals surface area contributed by atoms with Gasteiger partial charge in [0.25, 0.3) is 0 Å². The molecule has 0 aliphatic heterocycles. The molecule has 0 saturated carbocycles. The van der Waals surface area contributed by atoms with Crippen LogP contribution in [-0.4, -0.2) is 27.2 Å². The van der Waals surface area contributed by atoms with Crippen molar-refractivity contribution >= 4 is 5.82 Å². The Hall–Kier alpha value is -2.18. The number of methoxy groups -OCH3 is 1. The summed E-state index contributed by atoms with van der Waals surface area (Å²) in [6.45, 7) is 1.69. The van der Waals surface area contributed by atoms with E-state index in [1.807, 2.05) is 0 Å². The Balaban J connectivity index is 2.45. The standard InChI is InChI=1S/C8H9N5O2/c1-4-11-7(13-15-4)5-3-10-8(14-2)12-6(5)9/h3H,1-2H3,(H2,9,10,12). The molecule has 7 nitrogen and oxygen atoms in total. The molecule has 0 unspecified atom stereocenters. The number of aromatic nitrogens is 4. The van der Waals surface area contributed by atoms with Gasteiger partial charge in [-0.3, -0.25) is 0 Å². The average molecular weight is 207 g/mol. The zero-order valence-corrected chi connectivity index (χ0v) is 8.26. The van der Waals surface area contributed by atoms with Crippen LogP contribution in [0.5, 0.6) is 6.01 Å². The summed E-state index contributed by atoms with van der Waals surface area (Å²) in [6.07, 6.45) is 1.49. The fourth-order valence-corrected chi connectivity index (χ4v) is 1.06. The molecule has 2 N–H and O–H groups in total. The second kappa shape index (κ2) is 3.52. The van der Waals surface area contributed by atoms with Crippen molar-refractivity contribution in [1.82, 2.24) is 20.1 Å². The van der Waals surface area contributed by atoms with Crippen molar-refractivity contribution < 1.29 is 9.26 Å². The molecule has 0 bridgehead atoms. The molecule has 0 spiro atoms. The van der Waals surface area contributed by atoms with Crippen LogP contribution in [0.25, 0.3) is 11.4 Å². The summed E-state index contributed by atoms with van der Waals surface area (Å²) in [6, 6.07) is 0.205. The quantitative estimate of drug-likeness (QED) is 0.761. The highest BCUT2D eigenvalue weighted by Crippen LogP contribution is 2.21. The van der Waals surface area contributed by atoms with Crippen LogP contribution < -0.4 is 10.5 Å². The van der Waals surface area contributed by atoms with Gasteiger partial charge in [-0.05, 0) is 0 Å². The summed E-state index contributed by atoms with van der Waals surface area (Å²) in [7, 11) is 1.47. The van der Waals surface area contributed by atoms with E-state index in [-0.39, 0.29) is 11.8 Å². The van der Waals surface area contributed by atoms with Gasteiger partial charge in [0, 0.05) is 13.1 Å². The molecule has 2 aromatic rings. The Bertz CT molecular complexity index is 482. The number of nitrogens with zero attached hydrogens (tertiary/aromatic N) is 4. The first-order valence-corrected chi connectivity index (χ1v) is 4.18. The molecule has 0 aliphatic rings. The maximum absolute atomic E-state index is 5.69. The molecule has 0 aromatic carbocycles. The van der Waals surface area contributed by atoms with Gasteiger partial charge in [0.1, 0.15) is 5.82 Å². The van der Waals surface area contributed by atoms with Crippen molar-refractivity contribution in [1.29, 1.82) is 0 Å². The number of hydrogen-bond acceptors (Lipinski definition) is 7. The highest BCUT2D eigenvalue weighted by Gasteiger charge is 2.11. The van der Waals surface area contributed by atoms with Crippen LogP contribution in [0.1, 0.15) is 5.89 Å². The summed E-state index contributed by atoms with van der Waals surface area (Å²) in [4.78, 5) is 11.8. The van der Waals surface area contributed by atoms with E-state index in [4.69, 9.17) is 15.0 Å². The zero-order chi connectivity index (χ0) is 10.8. The van der Waals surface area contributed by atoms with Crippen LogP contribution in [0.4, 0.5) is 5.82 Å². The van der Waals surface area contributed by atoms with Gasteiger partial charge >= 0.3 is 6.01 Å². The van der Waals surface area contributed by atoms with Gasteiger partial charge in [-0.15, -0.1) is 0 Å². The van der Waals surface area contributed by atoms with Gasteiger partial charge in [-0.1, -0.05) is 5.16 Å². The number of nitrogens with two attached hydrogens (primary N) is 1. The van der Waals surface area contributed by atoms with Gasteiger partial charge in [-0.25, -0.2) is 4.98 Å². The van der Waals surface area contributed by atoms with E-state index >= 15 is 0 Å². The number of ether oxygens (including phenoxy) is 1. The lowest BCUT2D eigenvalue weighted by molar-refractivity contribution is 0.380. The third-order valence-electron chi connectivity index (χ3n) is 1.75. The first kappa shape index (κ1) is 9.38. The summed E-state index contributed by atoms with van der Waals surface area (Å²) in [5, 5.41) is 3.72. The predicted molar refractivity (Wildman–Crippen MR) is 51.0 cm³/mol. The molecule has 15 heavy (non-hydrogen) atoms. The van der Waals surface area contributed by atoms with Crippen molar-refractivity contribution in [2.75, 3.05) is 12.8 Å². The van der Waals surface area contributed by atoms with E-state index in [0.29, 0.717) is 17.3 Å². The zero-order valence-electron chi connectivity index (χ0n) is 8.26. The average Bonchev–Trinajstić information content (AvgIpc) is 2.64. The van der Waals surface area contributed by atoms with Crippen LogP contribution in [-0.2, 0) is 0 Å². The van der Waals surface area contributed by atoms with Crippen molar-refractivity contribution in [3.63, 3.8) is 0 Å². The number of anilines is 1. The molecule has 0 saturated heterocycles. The summed E-state index contributed by atoms with van der Waals surface area (Å²) in [5.41, 5.74) is 6.21. The van der Waals surface area contributed by atoms with E-state index in [9.17, 15) is 0 Å². The van der Waals surface area contributed by atoms with E-state index in [1.165, 1.54) is 13.3 Å². The highest BCUT2D eigenvalue weighted by atomic mass is 16.5. The minimum atomic E-state index is 0.205. The second-order valence-corrected chi connectivity index (χ2v) is 2.79. The van der Waals surface area contributed by atoms with Crippen molar-refractivity contribution in [2.45, 2.75) is 6.92 Å². The molecule has 0 radical (unpaired) electrons. The number of hydrogen-bond donors (Lipinski definition) is 1. The van der Waals surface area contributed by atoms with Crippen LogP contribution >= 0.6 is 0 Å². The van der Waals surface area contributed by atoms with Gasteiger partial charge in [0.15, 0.2) is 0 Å². The maximum atomic E-state index is 5.69. The van der Waals surface area contributed by atoms with Gasteiger partial charge in [0.05, 0.1) is 12.7 Å². The Kier molecular flexibility index (Phi) is 2.20. The minimum absolute atomic E-state index is 0.205. The largest absolute Gasteiger partial charge is 0.467 e. The molecule has 7 heteroatoms. The normalized spacial score (nSPS) is 10.3. The fourth-order valence-electron chi connectivity index (χ4n) is 1.06. The predicted octanol–water partition coefficient (Wildman–Crippen LogP) is 0.426. The van der Waals surface area contributed by atoms with Crippen LogP contribution in [0.2, 0.25) is 0 Å². The molecular weight excluding hydrogens is 198 g/mol. The molecule has 0 atom stereocenters. The molecule has 78 valence electrons. The van der Waals surface area contributed by atoms with E-state index in [1.54, 1.807) is 6.92 Å². The van der Waals surface area contributed by atoms with E-state index in [2.05, 4.69) is 20.1 Å². The summed E-state index contributed by atoms with van der Waals surface area (Å²) >= 11 is 0. The van der Waals surface area contributed by atoms with Crippen molar-refractivity contribution in [3.8, 4) is 17.4 Å². The molecule has 0 amide bonds. The summed E-state index contributed by atoms with van der Waals surface area (Å²) < 4.78 is 9.65. The van der Waals surface area contributed by atoms with E-state index in [0.717, 1.165) is 0 Å². The lowest BCUT2D eigenvalue weighted by Crippen LogP contribution is -2.00. The number of nitrogen functional groups attached to an aromatic ring is 1. The molecule has 0 fully saturated rings. The molecule has 0 aliphatic carbocycles. The number of rotatable bonds is 2. The monoisotopic (exact) mass is 207 g/mol. The van der Waals surface area contributed by atoms with Gasteiger partial charge in [-0.2, -0.15) is 9.97 Å². The van der Waals surface area contributed by atoms with E-state index < -0.39 is 0 Å². The second-order valence-electron chi connectivity index (χ2n) is 2.79. The molecule has 2 rings (SSSR count).